The minimum absolute atomic E-state index is 0.0112. The zero-order valence-corrected chi connectivity index (χ0v) is 11.3. The molecule has 0 aliphatic carbocycles. The minimum Gasteiger partial charge on any atom is -0.493 e. The standard InChI is InChI=1S/C13H16O3S/c1-7-5-10(15-3)13(16-4)11-9(7)6-17-8(2)12(11)14/h5,8H,6H2,1-4H3. The summed E-state index contributed by atoms with van der Waals surface area (Å²) in [4.78, 5) is 12.3. The van der Waals surface area contributed by atoms with Crippen molar-refractivity contribution in [3.63, 3.8) is 0 Å². The second kappa shape index (κ2) is 4.61. The van der Waals surface area contributed by atoms with Crippen molar-refractivity contribution in [1.82, 2.24) is 0 Å². The summed E-state index contributed by atoms with van der Waals surface area (Å²) in [5.41, 5.74) is 2.87. The zero-order valence-electron chi connectivity index (χ0n) is 10.5. The van der Waals surface area contributed by atoms with Gasteiger partial charge in [0.15, 0.2) is 17.3 Å². The van der Waals surface area contributed by atoms with Gasteiger partial charge in [-0.1, -0.05) is 0 Å². The van der Waals surface area contributed by atoms with Crippen LogP contribution in [0.4, 0.5) is 0 Å². The molecule has 2 rings (SSSR count). The van der Waals surface area contributed by atoms with Gasteiger partial charge in [0.2, 0.25) is 0 Å². The van der Waals surface area contributed by atoms with E-state index in [1.807, 2.05) is 19.9 Å². The molecular formula is C13H16O3S. The number of benzene rings is 1. The number of Topliss-reactive ketones (excluding diaryl/α,β-unsaturated/α-hetero) is 1. The second-order valence-corrected chi connectivity index (χ2v) is 5.43. The predicted octanol–water partition coefficient (Wildman–Crippen LogP) is 2.83. The zero-order chi connectivity index (χ0) is 12.6. The molecule has 1 unspecified atom stereocenters. The second-order valence-electron chi connectivity index (χ2n) is 4.10. The van der Waals surface area contributed by atoms with Crippen molar-refractivity contribution in [3.8, 4) is 11.5 Å². The maximum atomic E-state index is 12.3. The van der Waals surface area contributed by atoms with Gasteiger partial charge in [-0.15, -0.1) is 11.8 Å². The van der Waals surface area contributed by atoms with E-state index in [1.54, 1.807) is 26.0 Å². The Morgan fingerprint density at radius 1 is 1.35 bits per heavy atom. The minimum atomic E-state index is -0.0112. The molecule has 0 bridgehead atoms. The molecule has 0 radical (unpaired) electrons. The lowest BCUT2D eigenvalue weighted by Gasteiger charge is -2.25. The molecule has 1 atom stereocenters. The Kier molecular flexibility index (Phi) is 3.33. The van der Waals surface area contributed by atoms with Crippen LogP contribution in [0.5, 0.6) is 11.5 Å². The van der Waals surface area contributed by atoms with Gasteiger partial charge in [0.05, 0.1) is 25.0 Å². The van der Waals surface area contributed by atoms with Crippen molar-refractivity contribution in [1.29, 1.82) is 0 Å². The molecule has 0 amide bonds. The van der Waals surface area contributed by atoms with Crippen LogP contribution in [0.1, 0.15) is 28.4 Å². The summed E-state index contributed by atoms with van der Waals surface area (Å²) in [7, 11) is 3.17. The number of ketones is 1. The molecule has 0 aromatic heterocycles. The Balaban J connectivity index is 2.70. The SMILES string of the molecule is COc1cc(C)c2c(c1OC)C(=O)C(C)SC2. The van der Waals surface area contributed by atoms with Gasteiger partial charge < -0.3 is 9.47 Å². The van der Waals surface area contributed by atoms with Gasteiger partial charge in [-0.2, -0.15) is 0 Å². The van der Waals surface area contributed by atoms with Crippen LogP contribution in [0.15, 0.2) is 6.07 Å². The summed E-state index contributed by atoms with van der Waals surface area (Å²) < 4.78 is 10.6. The smallest absolute Gasteiger partial charge is 0.179 e. The first kappa shape index (κ1) is 12.3. The summed E-state index contributed by atoms with van der Waals surface area (Å²) in [5, 5.41) is -0.0112. The van der Waals surface area contributed by atoms with Crippen LogP contribution >= 0.6 is 11.8 Å². The third-order valence-electron chi connectivity index (χ3n) is 3.09. The summed E-state index contributed by atoms with van der Waals surface area (Å²) in [6, 6.07) is 1.93. The quantitative estimate of drug-likeness (QED) is 0.811. The van der Waals surface area contributed by atoms with E-state index in [-0.39, 0.29) is 11.0 Å². The van der Waals surface area contributed by atoms with E-state index in [0.29, 0.717) is 17.1 Å². The molecule has 1 aromatic rings. The van der Waals surface area contributed by atoms with Crippen molar-refractivity contribution < 1.29 is 14.3 Å². The lowest BCUT2D eigenvalue weighted by molar-refractivity contribution is 0.0988. The van der Waals surface area contributed by atoms with Crippen LogP contribution in [0, 0.1) is 6.92 Å². The van der Waals surface area contributed by atoms with Crippen molar-refractivity contribution >= 4 is 17.5 Å². The van der Waals surface area contributed by atoms with E-state index < -0.39 is 0 Å². The molecule has 0 saturated heterocycles. The van der Waals surface area contributed by atoms with E-state index in [1.165, 1.54) is 0 Å². The first-order valence-corrected chi connectivity index (χ1v) is 6.55. The summed E-state index contributed by atoms with van der Waals surface area (Å²) in [6.45, 7) is 3.94. The summed E-state index contributed by atoms with van der Waals surface area (Å²) in [6.07, 6.45) is 0. The topological polar surface area (TPSA) is 35.5 Å². The Labute approximate surface area is 105 Å². The summed E-state index contributed by atoms with van der Waals surface area (Å²) >= 11 is 1.67. The fourth-order valence-electron chi connectivity index (χ4n) is 2.09. The van der Waals surface area contributed by atoms with E-state index >= 15 is 0 Å². The van der Waals surface area contributed by atoms with Gasteiger partial charge in [-0.05, 0) is 31.0 Å². The van der Waals surface area contributed by atoms with Crippen molar-refractivity contribution in [2.24, 2.45) is 0 Å². The van der Waals surface area contributed by atoms with E-state index in [9.17, 15) is 4.79 Å². The highest BCUT2D eigenvalue weighted by molar-refractivity contribution is 8.00. The third-order valence-corrected chi connectivity index (χ3v) is 4.26. The molecule has 92 valence electrons. The van der Waals surface area contributed by atoms with Crippen LogP contribution in [-0.4, -0.2) is 25.3 Å². The highest BCUT2D eigenvalue weighted by Crippen LogP contribution is 2.42. The molecule has 1 aromatic carbocycles. The van der Waals surface area contributed by atoms with Gasteiger partial charge in [0.25, 0.3) is 0 Å². The molecule has 1 aliphatic heterocycles. The molecule has 3 nitrogen and oxygen atoms in total. The first-order valence-electron chi connectivity index (χ1n) is 5.50. The van der Waals surface area contributed by atoms with Crippen molar-refractivity contribution in [3.05, 3.63) is 22.8 Å². The Morgan fingerprint density at radius 2 is 2.06 bits per heavy atom. The average Bonchev–Trinajstić information content (AvgIpc) is 2.33. The molecule has 0 saturated carbocycles. The monoisotopic (exact) mass is 252 g/mol. The van der Waals surface area contributed by atoms with Crippen LogP contribution < -0.4 is 9.47 Å². The number of carbonyl (C=O) groups is 1. The molecule has 0 spiro atoms. The van der Waals surface area contributed by atoms with Crippen molar-refractivity contribution in [2.45, 2.75) is 24.9 Å². The number of fused-ring (bicyclic) bond motifs is 1. The Bertz CT molecular complexity index is 468. The number of ether oxygens (including phenoxy) is 2. The molecule has 1 heterocycles. The number of rotatable bonds is 2. The average molecular weight is 252 g/mol. The van der Waals surface area contributed by atoms with Crippen LogP contribution in [0.3, 0.4) is 0 Å². The van der Waals surface area contributed by atoms with Gasteiger partial charge in [0, 0.05) is 5.75 Å². The normalized spacial score (nSPS) is 18.8. The molecule has 17 heavy (non-hydrogen) atoms. The number of hydrogen-bond acceptors (Lipinski definition) is 4. The van der Waals surface area contributed by atoms with E-state index in [2.05, 4.69) is 0 Å². The third kappa shape index (κ3) is 1.90. The number of methoxy groups -OCH3 is 2. The first-order chi connectivity index (χ1) is 8.10. The molecular weight excluding hydrogens is 236 g/mol. The van der Waals surface area contributed by atoms with Gasteiger partial charge in [-0.25, -0.2) is 0 Å². The Morgan fingerprint density at radius 3 is 2.65 bits per heavy atom. The number of hydrogen-bond donors (Lipinski definition) is 0. The van der Waals surface area contributed by atoms with Crippen LogP contribution in [-0.2, 0) is 5.75 Å². The van der Waals surface area contributed by atoms with Gasteiger partial charge in [0.1, 0.15) is 0 Å². The van der Waals surface area contributed by atoms with Gasteiger partial charge >= 0.3 is 0 Å². The number of thioether (sulfide) groups is 1. The maximum Gasteiger partial charge on any atom is 0.179 e. The lowest BCUT2D eigenvalue weighted by atomic mass is 9.96. The number of aryl methyl sites for hydroxylation is 1. The van der Waals surface area contributed by atoms with Crippen LogP contribution in [0.25, 0.3) is 0 Å². The Hall–Kier alpha value is -1.16. The fourth-order valence-corrected chi connectivity index (χ4v) is 3.15. The molecule has 1 aliphatic rings. The highest BCUT2D eigenvalue weighted by atomic mass is 32.2. The molecule has 4 heteroatoms. The summed E-state index contributed by atoms with van der Waals surface area (Å²) in [5.74, 6) is 2.20. The van der Waals surface area contributed by atoms with Crippen molar-refractivity contribution in [2.75, 3.05) is 14.2 Å². The van der Waals surface area contributed by atoms with E-state index in [4.69, 9.17) is 9.47 Å². The van der Waals surface area contributed by atoms with Crippen LogP contribution in [0.2, 0.25) is 0 Å². The fraction of sp³-hybridized carbons (Fsp3) is 0.462. The largest absolute Gasteiger partial charge is 0.493 e. The molecule has 0 N–H and O–H groups in total. The molecule has 0 fully saturated rings. The lowest BCUT2D eigenvalue weighted by Crippen LogP contribution is -2.22. The van der Waals surface area contributed by atoms with Gasteiger partial charge in [-0.3, -0.25) is 4.79 Å². The predicted molar refractivity (Wildman–Crippen MR) is 69.4 cm³/mol. The maximum absolute atomic E-state index is 12.3. The van der Waals surface area contributed by atoms with E-state index in [0.717, 1.165) is 16.9 Å². The highest BCUT2D eigenvalue weighted by Gasteiger charge is 2.31. The number of carbonyl (C=O) groups excluding carboxylic acids is 1.